The first-order valence-corrected chi connectivity index (χ1v) is 8.39. The molecule has 1 aromatic heterocycles. The predicted molar refractivity (Wildman–Crippen MR) is 101 cm³/mol. The van der Waals surface area contributed by atoms with Crippen LogP contribution in [0.2, 0.25) is 5.02 Å². The average Bonchev–Trinajstić information content (AvgIpc) is 3.07. The van der Waals surface area contributed by atoms with Gasteiger partial charge >= 0.3 is 5.69 Å². The summed E-state index contributed by atoms with van der Waals surface area (Å²) in [5.41, 5.74) is 2.59. The van der Waals surface area contributed by atoms with E-state index in [-0.39, 0.29) is 17.3 Å². The predicted octanol–water partition coefficient (Wildman–Crippen LogP) is 4.48. The summed E-state index contributed by atoms with van der Waals surface area (Å²) in [5.74, 6) is 0.429. The third-order valence-corrected chi connectivity index (χ3v) is 4.49. The number of aromatic nitrogens is 2. The molecule has 3 aromatic rings. The number of nitrogens with one attached hydrogen (secondary N) is 1. The minimum atomic E-state index is -0.450. The third-order valence-electron chi connectivity index (χ3n) is 4.24. The maximum absolute atomic E-state index is 11.8. The fourth-order valence-corrected chi connectivity index (χ4v) is 3.18. The molecule has 0 amide bonds. The lowest BCUT2D eigenvalue weighted by Gasteiger charge is -2.19. The van der Waals surface area contributed by atoms with E-state index in [1.54, 1.807) is 24.3 Å². The second-order valence-corrected chi connectivity index (χ2v) is 6.25. The highest BCUT2D eigenvalue weighted by molar-refractivity contribution is 6.30. The summed E-state index contributed by atoms with van der Waals surface area (Å²) in [6, 6.07) is 14.7. The minimum Gasteiger partial charge on any atom is -0.334 e. The van der Waals surface area contributed by atoms with Gasteiger partial charge in [-0.1, -0.05) is 29.8 Å². The number of halogens is 1. The molecule has 1 aliphatic rings. The van der Waals surface area contributed by atoms with Crippen molar-refractivity contribution in [1.82, 2.24) is 9.97 Å². The number of nitrogens with zero attached hydrogens (tertiary/aromatic N) is 4. The van der Waals surface area contributed by atoms with Crippen molar-refractivity contribution in [3.63, 3.8) is 0 Å². The first kappa shape index (κ1) is 16.3. The second-order valence-electron chi connectivity index (χ2n) is 5.81. The van der Waals surface area contributed by atoms with Crippen molar-refractivity contribution in [3.8, 4) is 0 Å². The Morgan fingerprint density at radius 3 is 2.65 bits per heavy atom. The van der Waals surface area contributed by atoms with Crippen molar-refractivity contribution in [3.05, 3.63) is 75.6 Å². The smallest absolute Gasteiger partial charge is 0.334 e. The van der Waals surface area contributed by atoms with E-state index in [2.05, 4.69) is 15.3 Å². The molecule has 26 heavy (non-hydrogen) atoms. The first-order chi connectivity index (χ1) is 12.6. The van der Waals surface area contributed by atoms with Gasteiger partial charge in [0.1, 0.15) is 6.33 Å². The van der Waals surface area contributed by atoms with E-state index in [0.717, 1.165) is 17.7 Å². The molecule has 0 bridgehead atoms. The highest BCUT2D eigenvalue weighted by Crippen LogP contribution is 2.40. The lowest BCUT2D eigenvalue weighted by Crippen LogP contribution is -2.17. The Labute approximate surface area is 154 Å². The maximum atomic E-state index is 11.8. The normalized spacial score (nSPS) is 12.7. The zero-order valence-electron chi connectivity index (χ0n) is 13.6. The minimum absolute atomic E-state index is 0.145. The van der Waals surface area contributed by atoms with Crippen LogP contribution < -0.4 is 10.2 Å². The van der Waals surface area contributed by atoms with Crippen LogP contribution in [0.1, 0.15) is 5.56 Å². The van der Waals surface area contributed by atoms with Crippen LogP contribution in [-0.4, -0.2) is 21.4 Å². The largest absolute Gasteiger partial charge is 0.354 e. The Kier molecular flexibility index (Phi) is 4.14. The molecule has 0 fully saturated rings. The summed E-state index contributed by atoms with van der Waals surface area (Å²) in [5, 5.41) is 15.4. The van der Waals surface area contributed by atoms with Gasteiger partial charge in [-0.25, -0.2) is 9.97 Å². The lowest BCUT2D eigenvalue weighted by atomic mass is 10.2. The van der Waals surface area contributed by atoms with Crippen LogP contribution in [0.25, 0.3) is 0 Å². The number of hydrogen-bond donors (Lipinski definition) is 1. The van der Waals surface area contributed by atoms with E-state index in [1.807, 2.05) is 29.2 Å². The quantitative estimate of drug-likeness (QED) is 0.540. The van der Waals surface area contributed by atoms with Gasteiger partial charge in [0.2, 0.25) is 11.6 Å². The van der Waals surface area contributed by atoms with Crippen molar-refractivity contribution in [2.24, 2.45) is 0 Å². The van der Waals surface area contributed by atoms with Crippen LogP contribution >= 0.6 is 11.6 Å². The van der Waals surface area contributed by atoms with Crippen LogP contribution in [0.3, 0.4) is 0 Å². The Balaban J connectivity index is 1.77. The molecule has 1 N–H and O–H groups in total. The molecule has 0 saturated carbocycles. The van der Waals surface area contributed by atoms with Crippen LogP contribution in [0.4, 0.5) is 28.7 Å². The van der Waals surface area contributed by atoms with Crippen LogP contribution in [-0.2, 0) is 6.42 Å². The van der Waals surface area contributed by atoms with Gasteiger partial charge in [0.15, 0.2) is 0 Å². The average molecular weight is 368 g/mol. The summed E-state index contributed by atoms with van der Waals surface area (Å²) in [7, 11) is 0. The molecule has 0 spiro atoms. The Morgan fingerprint density at radius 2 is 1.88 bits per heavy atom. The SMILES string of the molecule is O=[N+]([O-])c1c(Nc2ccc(Cl)cc2)ncnc1N1CCc2ccccc21. The standard InChI is InChI=1S/C18H14ClN5O2/c19-13-5-7-14(8-6-13)22-17-16(24(25)26)18(21-11-20-17)23-10-9-12-3-1-2-4-15(12)23/h1-8,11H,9-10H2,(H,20,21,22). The fourth-order valence-electron chi connectivity index (χ4n) is 3.05. The summed E-state index contributed by atoms with van der Waals surface area (Å²) in [6.45, 7) is 0.636. The number of para-hydroxylation sites is 1. The molecule has 1 aliphatic heterocycles. The molecule has 4 rings (SSSR count). The number of anilines is 4. The lowest BCUT2D eigenvalue weighted by molar-refractivity contribution is -0.383. The molecular formula is C18H14ClN5O2. The monoisotopic (exact) mass is 367 g/mol. The Bertz CT molecular complexity index is 978. The number of rotatable bonds is 4. The van der Waals surface area contributed by atoms with Gasteiger partial charge in [-0.05, 0) is 42.3 Å². The van der Waals surface area contributed by atoms with E-state index in [1.165, 1.54) is 6.33 Å². The molecule has 2 aromatic carbocycles. The molecular weight excluding hydrogens is 354 g/mol. The number of nitro groups is 1. The molecule has 2 heterocycles. The highest BCUT2D eigenvalue weighted by atomic mass is 35.5. The van der Waals surface area contributed by atoms with E-state index in [0.29, 0.717) is 17.3 Å². The van der Waals surface area contributed by atoms with E-state index >= 15 is 0 Å². The zero-order chi connectivity index (χ0) is 18.1. The summed E-state index contributed by atoms with van der Waals surface area (Å²) in [6.07, 6.45) is 2.15. The molecule has 130 valence electrons. The number of hydrogen-bond acceptors (Lipinski definition) is 6. The Hall–Kier alpha value is -3.19. The molecule has 0 radical (unpaired) electrons. The summed E-state index contributed by atoms with van der Waals surface area (Å²) >= 11 is 5.89. The first-order valence-electron chi connectivity index (χ1n) is 8.01. The number of benzene rings is 2. The molecule has 0 saturated heterocycles. The molecule has 0 aliphatic carbocycles. The highest BCUT2D eigenvalue weighted by Gasteiger charge is 2.31. The van der Waals surface area contributed by atoms with Crippen molar-refractivity contribution >= 4 is 40.3 Å². The Morgan fingerprint density at radius 1 is 1.12 bits per heavy atom. The van der Waals surface area contributed by atoms with E-state index < -0.39 is 4.92 Å². The van der Waals surface area contributed by atoms with E-state index in [9.17, 15) is 10.1 Å². The van der Waals surface area contributed by atoms with Gasteiger partial charge in [0.05, 0.1) is 4.92 Å². The maximum Gasteiger partial charge on any atom is 0.354 e. The topological polar surface area (TPSA) is 84.2 Å². The third kappa shape index (κ3) is 2.93. The van der Waals surface area contributed by atoms with Crippen molar-refractivity contribution in [1.29, 1.82) is 0 Å². The van der Waals surface area contributed by atoms with E-state index in [4.69, 9.17) is 11.6 Å². The number of fused-ring (bicyclic) bond motifs is 1. The molecule has 8 heteroatoms. The second kappa shape index (κ2) is 6.61. The van der Waals surface area contributed by atoms with Gasteiger partial charge in [-0.15, -0.1) is 0 Å². The molecule has 0 atom stereocenters. The van der Waals surface area contributed by atoms with Crippen LogP contribution in [0.15, 0.2) is 54.9 Å². The van der Waals surface area contributed by atoms with Gasteiger partial charge < -0.3 is 10.2 Å². The van der Waals surface area contributed by atoms with Crippen molar-refractivity contribution < 1.29 is 4.92 Å². The van der Waals surface area contributed by atoms with Gasteiger partial charge in [0.25, 0.3) is 0 Å². The molecule has 7 nitrogen and oxygen atoms in total. The summed E-state index contributed by atoms with van der Waals surface area (Å²) in [4.78, 5) is 21.5. The van der Waals surface area contributed by atoms with Crippen LogP contribution in [0.5, 0.6) is 0 Å². The molecule has 0 unspecified atom stereocenters. The van der Waals surface area contributed by atoms with Gasteiger partial charge in [-0.2, -0.15) is 0 Å². The van der Waals surface area contributed by atoms with Crippen LogP contribution in [0, 0.1) is 10.1 Å². The summed E-state index contributed by atoms with van der Waals surface area (Å²) < 4.78 is 0. The van der Waals surface area contributed by atoms with Gasteiger partial charge in [-0.3, -0.25) is 10.1 Å². The van der Waals surface area contributed by atoms with Crippen molar-refractivity contribution in [2.75, 3.05) is 16.8 Å². The fraction of sp³-hybridized carbons (Fsp3) is 0.111. The van der Waals surface area contributed by atoms with Crippen molar-refractivity contribution in [2.45, 2.75) is 6.42 Å². The zero-order valence-corrected chi connectivity index (χ0v) is 14.3. The van der Waals surface area contributed by atoms with Gasteiger partial charge in [0, 0.05) is 22.9 Å².